The number of furan rings is 1. The minimum Gasteiger partial charge on any atom is -0.456 e. The van der Waals surface area contributed by atoms with Crippen molar-refractivity contribution in [1.82, 2.24) is 4.57 Å². The molecule has 0 amide bonds. The molecule has 0 aliphatic carbocycles. The first-order chi connectivity index (χ1) is 20.2. The molecular formula is C37H27N3O. The van der Waals surface area contributed by atoms with Gasteiger partial charge in [0.15, 0.2) is 0 Å². The quantitative estimate of drug-likeness (QED) is 0.224. The Balaban J connectivity index is 1.36. The molecule has 8 rings (SSSR count). The average Bonchev–Trinajstić information content (AvgIpc) is 3.56. The Morgan fingerprint density at radius 1 is 0.512 bits per heavy atom. The number of hydrogen-bond donors (Lipinski definition) is 2. The van der Waals surface area contributed by atoms with Crippen molar-refractivity contribution in [2.75, 3.05) is 0 Å². The van der Waals surface area contributed by atoms with Crippen LogP contribution in [0.3, 0.4) is 0 Å². The molecule has 0 unspecified atom stereocenters. The molecule has 0 fully saturated rings. The van der Waals surface area contributed by atoms with Gasteiger partial charge in [0, 0.05) is 27.2 Å². The van der Waals surface area contributed by atoms with Gasteiger partial charge in [-0.25, -0.2) is 0 Å². The zero-order chi connectivity index (χ0) is 27.5. The Bertz CT molecular complexity index is 2250. The number of fused-ring (bicyclic) bond motifs is 6. The summed E-state index contributed by atoms with van der Waals surface area (Å²) in [5.74, 6) is 0. The number of rotatable bonds is 4. The van der Waals surface area contributed by atoms with Crippen LogP contribution in [0.5, 0.6) is 0 Å². The van der Waals surface area contributed by atoms with Gasteiger partial charge < -0.3 is 20.5 Å². The highest BCUT2D eigenvalue weighted by molar-refractivity contribution is 6.13. The molecule has 0 spiro atoms. The Hall–Kier alpha value is -5.16. The van der Waals surface area contributed by atoms with E-state index in [0.29, 0.717) is 0 Å². The number of nitrogens with two attached hydrogens (primary N) is 2. The highest BCUT2D eigenvalue weighted by Gasteiger charge is 2.16. The molecule has 0 saturated carbocycles. The second kappa shape index (κ2) is 9.20. The third kappa shape index (κ3) is 3.77. The molecule has 196 valence electrons. The SMILES string of the molecule is NC(N)c1cccc(-c2ccc3c4ccccc4n(-c4cccc(-c5cccc6oc7ccccc7c56)c4)c3c2)c1. The lowest BCUT2D eigenvalue weighted by Crippen LogP contribution is -2.19. The van der Waals surface area contributed by atoms with Crippen molar-refractivity contribution in [2.24, 2.45) is 11.5 Å². The fourth-order valence-electron chi connectivity index (χ4n) is 6.18. The predicted octanol–water partition coefficient (Wildman–Crippen LogP) is 8.93. The van der Waals surface area contributed by atoms with E-state index in [1.807, 2.05) is 30.3 Å². The van der Waals surface area contributed by atoms with Gasteiger partial charge in [-0.15, -0.1) is 0 Å². The van der Waals surface area contributed by atoms with E-state index in [0.717, 1.165) is 61.0 Å². The van der Waals surface area contributed by atoms with Crippen LogP contribution in [0.15, 0.2) is 138 Å². The van der Waals surface area contributed by atoms with Crippen LogP contribution < -0.4 is 11.5 Å². The van der Waals surface area contributed by atoms with Crippen LogP contribution in [0.4, 0.5) is 0 Å². The first-order valence-corrected chi connectivity index (χ1v) is 13.8. The van der Waals surface area contributed by atoms with E-state index in [4.69, 9.17) is 15.9 Å². The van der Waals surface area contributed by atoms with Gasteiger partial charge in [0.1, 0.15) is 11.2 Å². The average molecular weight is 530 g/mol. The minimum absolute atomic E-state index is 0.510. The molecule has 41 heavy (non-hydrogen) atoms. The summed E-state index contributed by atoms with van der Waals surface area (Å²) in [5.41, 5.74) is 22.6. The molecule has 8 aromatic rings. The zero-order valence-corrected chi connectivity index (χ0v) is 22.3. The number of nitrogens with zero attached hydrogens (tertiary/aromatic N) is 1. The van der Waals surface area contributed by atoms with E-state index in [2.05, 4.69) is 108 Å². The molecule has 4 heteroatoms. The summed E-state index contributed by atoms with van der Waals surface area (Å²) in [6.07, 6.45) is -0.510. The molecule has 0 saturated heterocycles. The number of benzene rings is 6. The van der Waals surface area contributed by atoms with Crippen molar-refractivity contribution < 1.29 is 4.42 Å². The molecule has 6 aromatic carbocycles. The van der Waals surface area contributed by atoms with Crippen molar-refractivity contribution in [3.05, 3.63) is 139 Å². The van der Waals surface area contributed by atoms with Crippen molar-refractivity contribution in [1.29, 1.82) is 0 Å². The van der Waals surface area contributed by atoms with E-state index in [9.17, 15) is 0 Å². The molecule has 2 heterocycles. The lowest BCUT2D eigenvalue weighted by atomic mass is 9.99. The standard InChI is InChI=1S/C37H27N3O/c38-37(39)26-10-5-8-23(20-26)24-18-19-30-29-12-1-3-15-32(29)40(33(30)22-24)27-11-6-9-25(21-27)28-14-7-17-35-36(28)31-13-2-4-16-34(31)41-35/h1-22,37H,38-39H2. The van der Waals surface area contributed by atoms with Gasteiger partial charge in [-0.05, 0) is 70.3 Å². The fourth-order valence-corrected chi connectivity index (χ4v) is 6.18. The topological polar surface area (TPSA) is 70.1 Å². The zero-order valence-electron chi connectivity index (χ0n) is 22.3. The third-order valence-electron chi connectivity index (χ3n) is 8.10. The number of aromatic nitrogens is 1. The summed E-state index contributed by atoms with van der Waals surface area (Å²) in [4.78, 5) is 0. The smallest absolute Gasteiger partial charge is 0.136 e. The van der Waals surface area contributed by atoms with E-state index in [1.54, 1.807) is 0 Å². The van der Waals surface area contributed by atoms with Crippen LogP contribution in [0.1, 0.15) is 11.7 Å². The van der Waals surface area contributed by atoms with Gasteiger partial charge in [0.25, 0.3) is 0 Å². The summed E-state index contributed by atoms with van der Waals surface area (Å²) in [5, 5.41) is 4.71. The first kappa shape index (κ1) is 23.7. The highest BCUT2D eigenvalue weighted by Crippen LogP contribution is 2.39. The summed E-state index contributed by atoms with van der Waals surface area (Å²) in [6.45, 7) is 0. The minimum atomic E-state index is -0.510. The van der Waals surface area contributed by atoms with Crippen molar-refractivity contribution >= 4 is 43.7 Å². The summed E-state index contributed by atoms with van der Waals surface area (Å²) < 4.78 is 8.55. The van der Waals surface area contributed by atoms with Gasteiger partial charge in [-0.3, -0.25) is 0 Å². The highest BCUT2D eigenvalue weighted by atomic mass is 16.3. The summed E-state index contributed by atoms with van der Waals surface area (Å²) >= 11 is 0. The molecule has 2 aromatic heterocycles. The summed E-state index contributed by atoms with van der Waals surface area (Å²) in [6, 6.07) is 46.8. The maximum atomic E-state index is 6.19. The van der Waals surface area contributed by atoms with Crippen LogP contribution >= 0.6 is 0 Å². The second-order valence-corrected chi connectivity index (χ2v) is 10.6. The molecule has 0 aliphatic heterocycles. The molecule has 0 radical (unpaired) electrons. The Kier molecular flexibility index (Phi) is 5.32. The van der Waals surface area contributed by atoms with E-state index < -0.39 is 6.17 Å². The van der Waals surface area contributed by atoms with Gasteiger partial charge in [-0.2, -0.15) is 0 Å². The predicted molar refractivity (Wildman–Crippen MR) is 170 cm³/mol. The molecule has 0 atom stereocenters. The monoisotopic (exact) mass is 529 g/mol. The molecule has 4 nitrogen and oxygen atoms in total. The van der Waals surface area contributed by atoms with Crippen LogP contribution in [0, 0.1) is 0 Å². The summed E-state index contributed by atoms with van der Waals surface area (Å²) in [7, 11) is 0. The maximum absolute atomic E-state index is 6.19. The largest absolute Gasteiger partial charge is 0.456 e. The molecule has 0 aliphatic rings. The molecule has 4 N–H and O–H groups in total. The Labute approximate surface area is 237 Å². The Morgan fingerprint density at radius 3 is 2.12 bits per heavy atom. The maximum Gasteiger partial charge on any atom is 0.136 e. The first-order valence-electron chi connectivity index (χ1n) is 13.8. The van der Waals surface area contributed by atoms with Crippen LogP contribution in [0.2, 0.25) is 0 Å². The third-order valence-corrected chi connectivity index (χ3v) is 8.10. The van der Waals surface area contributed by atoms with Gasteiger partial charge in [0.2, 0.25) is 0 Å². The van der Waals surface area contributed by atoms with Crippen LogP contribution in [-0.4, -0.2) is 4.57 Å². The van der Waals surface area contributed by atoms with Gasteiger partial charge in [0.05, 0.1) is 17.2 Å². The van der Waals surface area contributed by atoms with E-state index >= 15 is 0 Å². The molecule has 0 bridgehead atoms. The lowest BCUT2D eigenvalue weighted by molar-refractivity contribution is 0.669. The second-order valence-electron chi connectivity index (χ2n) is 10.6. The number of para-hydroxylation sites is 2. The molecular weight excluding hydrogens is 502 g/mol. The lowest BCUT2D eigenvalue weighted by Gasteiger charge is -2.12. The van der Waals surface area contributed by atoms with Crippen molar-refractivity contribution in [3.63, 3.8) is 0 Å². The van der Waals surface area contributed by atoms with Crippen LogP contribution in [0.25, 0.3) is 71.7 Å². The van der Waals surface area contributed by atoms with E-state index in [1.165, 1.54) is 16.3 Å². The fraction of sp³-hybridized carbons (Fsp3) is 0.0270. The van der Waals surface area contributed by atoms with Gasteiger partial charge >= 0.3 is 0 Å². The van der Waals surface area contributed by atoms with Crippen molar-refractivity contribution in [3.8, 4) is 27.9 Å². The van der Waals surface area contributed by atoms with Crippen LogP contribution in [-0.2, 0) is 0 Å². The van der Waals surface area contributed by atoms with E-state index in [-0.39, 0.29) is 0 Å². The van der Waals surface area contributed by atoms with Crippen molar-refractivity contribution in [2.45, 2.75) is 6.17 Å². The van der Waals surface area contributed by atoms with Gasteiger partial charge in [-0.1, -0.05) is 91.0 Å². The number of hydrogen-bond acceptors (Lipinski definition) is 3. The normalized spacial score (nSPS) is 11.9. The Morgan fingerprint density at radius 2 is 1.22 bits per heavy atom.